The maximum atomic E-state index is 11.4. The van der Waals surface area contributed by atoms with Crippen LogP contribution in [0.1, 0.15) is 31.4 Å². The minimum absolute atomic E-state index is 0.102. The van der Waals surface area contributed by atoms with Gasteiger partial charge < -0.3 is 5.11 Å². The summed E-state index contributed by atoms with van der Waals surface area (Å²) in [5, 5.41) is 9.37. The molecule has 19 heavy (non-hydrogen) atoms. The maximum Gasteiger partial charge on any atom is 0.308 e. The second-order valence-electron chi connectivity index (χ2n) is 6.35. The fourth-order valence-corrected chi connectivity index (χ4v) is 2.72. The molecule has 1 atom stereocenters. The Bertz CT molecular complexity index is 450. The average Bonchev–Trinajstić information content (AvgIpc) is 2.34. The second-order valence-corrected chi connectivity index (χ2v) is 6.35. The summed E-state index contributed by atoms with van der Waals surface area (Å²) in [6.07, 6.45) is 0.940. The van der Waals surface area contributed by atoms with E-state index in [4.69, 9.17) is 0 Å². The molecule has 104 valence electrons. The van der Waals surface area contributed by atoms with Crippen LogP contribution < -0.4 is 0 Å². The van der Waals surface area contributed by atoms with E-state index < -0.39 is 5.97 Å². The van der Waals surface area contributed by atoms with Gasteiger partial charge in [0.2, 0.25) is 0 Å². The lowest BCUT2D eigenvalue weighted by Gasteiger charge is -2.41. The largest absolute Gasteiger partial charge is 0.481 e. The van der Waals surface area contributed by atoms with E-state index in [2.05, 4.69) is 49.9 Å². The monoisotopic (exact) mass is 261 g/mol. The van der Waals surface area contributed by atoms with Gasteiger partial charge in [0.25, 0.3) is 0 Å². The zero-order valence-corrected chi connectivity index (χ0v) is 12.0. The molecule has 1 aromatic rings. The number of piperidine rings is 1. The lowest BCUT2D eigenvalue weighted by Crippen LogP contribution is -2.47. The van der Waals surface area contributed by atoms with Crippen LogP contribution in [0.3, 0.4) is 0 Å². The molecule has 3 heteroatoms. The van der Waals surface area contributed by atoms with Crippen molar-refractivity contribution >= 4 is 5.97 Å². The van der Waals surface area contributed by atoms with Gasteiger partial charge in [0.1, 0.15) is 0 Å². The van der Waals surface area contributed by atoms with Gasteiger partial charge in [0.15, 0.2) is 0 Å². The highest BCUT2D eigenvalue weighted by Gasteiger charge is 2.39. The first kappa shape index (κ1) is 14.1. The SMILES string of the molecule is Cc1ccc(CN2CCC(C)(C)C(C(=O)O)C2)cc1. The summed E-state index contributed by atoms with van der Waals surface area (Å²) in [7, 11) is 0. The number of carbonyl (C=O) groups is 1. The summed E-state index contributed by atoms with van der Waals surface area (Å²) < 4.78 is 0. The van der Waals surface area contributed by atoms with E-state index in [9.17, 15) is 9.90 Å². The van der Waals surface area contributed by atoms with Crippen LogP contribution in [-0.2, 0) is 11.3 Å². The van der Waals surface area contributed by atoms with Gasteiger partial charge in [-0.25, -0.2) is 0 Å². The summed E-state index contributed by atoms with van der Waals surface area (Å²) in [6, 6.07) is 8.48. The number of benzene rings is 1. The Morgan fingerprint density at radius 2 is 2.00 bits per heavy atom. The number of hydrogen-bond acceptors (Lipinski definition) is 2. The summed E-state index contributed by atoms with van der Waals surface area (Å²) in [6.45, 7) is 8.68. The lowest BCUT2D eigenvalue weighted by molar-refractivity contribution is -0.149. The van der Waals surface area contributed by atoms with E-state index in [1.165, 1.54) is 11.1 Å². The Kier molecular flexibility index (Phi) is 3.95. The summed E-state index contributed by atoms with van der Waals surface area (Å²) in [5.41, 5.74) is 2.41. The van der Waals surface area contributed by atoms with Crippen molar-refractivity contribution in [3.05, 3.63) is 35.4 Å². The third-order valence-electron chi connectivity index (χ3n) is 4.28. The van der Waals surface area contributed by atoms with Gasteiger partial charge in [-0.3, -0.25) is 9.69 Å². The first-order valence-corrected chi connectivity index (χ1v) is 6.89. The molecule has 0 aliphatic carbocycles. The molecule has 1 N–H and O–H groups in total. The van der Waals surface area contributed by atoms with E-state index in [1.54, 1.807) is 0 Å². The second kappa shape index (κ2) is 5.33. The molecule has 0 spiro atoms. The highest BCUT2D eigenvalue weighted by atomic mass is 16.4. The van der Waals surface area contributed by atoms with Crippen molar-refractivity contribution < 1.29 is 9.90 Å². The fourth-order valence-electron chi connectivity index (χ4n) is 2.72. The van der Waals surface area contributed by atoms with Crippen molar-refractivity contribution in [1.82, 2.24) is 4.90 Å². The van der Waals surface area contributed by atoms with Gasteiger partial charge >= 0.3 is 5.97 Å². The Morgan fingerprint density at radius 1 is 1.37 bits per heavy atom. The van der Waals surface area contributed by atoms with Gasteiger partial charge in [-0.2, -0.15) is 0 Å². The topological polar surface area (TPSA) is 40.5 Å². The number of nitrogens with zero attached hydrogens (tertiary/aromatic N) is 1. The van der Waals surface area contributed by atoms with E-state index in [0.717, 1.165) is 19.5 Å². The number of likely N-dealkylation sites (tertiary alicyclic amines) is 1. The number of aliphatic carboxylic acids is 1. The molecule has 1 aliphatic heterocycles. The maximum absolute atomic E-state index is 11.4. The zero-order valence-electron chi connectivity index (χ0n) is 12.0. The lowest BCUT2D eigenvalue weighted by atomic mass is 9.73. The standard InChI is InChI=1S/C16H23NO2/c1-12-4-6-13(7-5-12)10-17-9-8-16(2,3)14(11-17)15(18)19/h4-7,14H,8-11H2,1-3H3,(H,18,19). The third-order valence-corrected chi connectivity index (χ3v) is 4.28. The number of hydrogen-bond donors (Lipinski definition) is 1. The van der Waals surface area contributed by atoms with Crippen LogP contribution in [-0.4, -0.2) is 29.1 Å². The number of carboxylic acids is 1. The van der Waals surface area contributed by atoms with Crippen LogP contribution in [0.4, 0.5) is 0 Å². The predicted octanol–water partition coefficient (Wildman–Crippen LogP) is 2.93. The van der Waals surface area contributed by atoms with Crippen molar-refractivity contribution in [3.8, 4) is 0 Å². The molecule has 0 amide bonds. The first-order valence-electron chi connectivity index (χ1n) is 6.89. The predicted molar refractivity (Wildman–Crippen MR) is 76.0 cm³/mol. The number of carboxylic acid groups (broad SMARTS) is 1. The smallest absolute Gasteiger partial charge is 0.308 e. The molecule has 1 fully saturated rings. The minimum atomic E-state index is -0.668. The average molecular weight is 261 g/mol. The Morgan fingerprint density at radius 3 is 2.58 bits per heavy atom. The van der Waals surface area contributed by atoms with Crippen molar-refractivity contribution in [2.24, 2.45) is 11.3 Å². The Balaban J connectivity index is 2.03. The highest BCUT2D eigenvalue weighted by Crippen LogP contribution is 2.36. The molecule has 1 heterocycles. The molecule has 0 saturated carbocycles. The number of rotatable bonds is 3. The minimum Gasteiger partial charge on any atom is -0.481 e. The third kappa shape index (κ3) is 3.35. The van der Waals surface area contributed by atoms with Gasteiger partial charge in [0, 0.05) is 13.1 Å². The van der Waals surface area contributed by atoms with Crippen LogP contribution in [0.15, 0.2) is 24.3 Å². The highest BCUT2D eigenvalue weighted by molar-refractivity contribution is 5.71. The summed E-state index contributed by atoms with van der Waals surface area (Å²) in [5.74, 6) is -0.940. The van der Waals surface area contributed by atoms with Crippen LogP contribution >= 0.6 is 0 Å². The van der Waals surface area contributed by atoms with Gasteiger partial charge in [-0.05, 0) is 30.9 Å². The van der Waals surface area contributed by atoms with Crippen LogP contribution in [0, 0.1) is 18.3 Å². The van der Waals surface area contributed by atoms with Crippen LogP contribution in [0.25, 0.3) is 0 Å². The van der Waals surface area contributed by atoms with E-state index in [-0.39, 0.29) is 11.3 Å². The molecule has 3 nitrogen and oxygen atoms in total. The van der Waals surface area contributed by atoms with Crippen molar-refractivity contribution in [1.29, 1.82) is 0 Å². The molecule has 0 aromatic heterocycles. The van der Waals surface area contributed by atoms with Crippen molar-refractivity contribution in [2.75, 3.05) is 13.1 Å². The fraction of sp³-hybridized carbons (Fsp3) is 0.562. The van der Waals surface area contributed by atoms with E-state index in [1.807, 2.05) is 0 Å². The molecular weight excluding hydrogens is 238 g/mol. The van der Waals surface area contributed by atoms with Gasteiger partial charge in [-0.1, -0.05) is 43.7 Å². The molecular formula is C16H23NO2. The molecule has 2 rings (SSSR count). The van der Waals surface area contributed by atoms with Crippen molar-refractivity contribution in [3.63, 3.8) is 0 Å². The molecule has 0 radical (unpaired) electrons. The molecule has 1 unspecified atom stereocenters. The van der Waals surface area contributed by atoms with Crippen molar-refractivity contribution in [2.45, 2.75) is 33.7 Å². The normalized spacial score (nSPS) is 23.2. The number of aryl methyl sites for hydroxylation is 1. The summed E-state index contributed by atoms with van der Waals surface area (Å²) in [4.78, 5) is 13.6. The molecule has 1 aromatic carbocycles. The molecule has 0 bridgehead atoms. The molecule has 1 aliphatic rings. The zero-order chi connectivity index (χ0) is 14.0. The van der Waals surface area contributed by atoms with Gasteiger partial charge in [0.05, 0.1) is 5.92 Å². The van der Waals surface area contributed by atoms with E-state index >= 15 is 0 Å². The van der Waals surface area contributed by atoms with E-state index in [0.29, 0.717) is 6.54 Å². The Hall–Kier alpha value is -1.35. The quantitative estimate of drug-likeness (QED) is 0.909. The van der Waals surface area contributed by atoms with Crippen LogP contribution in [0.5, 0.6) is 0 Å². The van der Waals surface area contributed by atoms with Crippen LogP contribution in [0.2, 0.25) is 0 Å². The Labute approximate surface area is 115 Å². The summed E-state index contributed by atoms with van der Waals surface area (Å²) >= 11 is 0. The first-order chi connectivity index (χ1) is 8.88. The molecule has 1 saturated heterocycles. The van der Waals surface area contributed by atoms with Gasteiger partial charge in [-0.15, -0.1) is 0 Å².